The third-order valence-electron chi connectivity index (χ3n) is 2.29. The summed E-state index contributed by atoms with van der Waals surface area (Å²) in [6, 6.07) is 0.421. The molecule has 1 atom stereocenters. The number of nitrogens with zero attached hydrogens (tertiary/aromatic N) is 2. The van der Waals surface area contributed by atoms with E-state index in [0.717, 1.165) is 18.5 Å². The summed E-state index contributed by atoms with van der Waals surface area (Å²) in [4.78, 5) is 1.31. The largest absolute Gasteiger partial charge is 0.312 e. The molecule has 4 heteroatoms. The van der Waals surface area contributed by atoms with Crippen molar-refractivity contribution in [3.63, 3.8) is 0 Å². The molecule has 14 heavy (non-hydrogen) atoms. The van der Waals surface area contributed by atoms with Gasteiger partial charge in [-0.05, 0) is 37.3 Å². The second-order valence-electron chi connectivity index (χ2n) is 3.91. The molecule has 0 amide bonds. The van der Waals surface area contributed by atoms with Crippen molar-refractivity contribution in [3.05, 3.63) is 10.6 Å². The Morgan fingerprint density at radius 2 is 2.14 bits per heavy atom. The van der Waals surface area contributed by atoms with Gasteiger partial charge in [0.15, 0.2) is 0 Å². The van der Waals surface area contributed by atoms with Crippen molar-refractivity contribution < 1.29 is 0 Å². The average molecular weight is 213 g/mol. The van der Waals surface area contributed by atoms with Crippen LogP contribution in [0.25, 0.3) is 0 Å². The van der Waals surface area contributed by atoms with Crippen molar-refractivity contribution in [3.8, 4) is 0 Å². The highest BCUT2D eigenvalue weighted by Gasteiger charge is 2.17. The van der Waals surface area contributed by atoms with Gasteiger partial charge in [0.1, 0.15) is 0 Å². The Bertz CT molecular complexity index is 270. The molecule has 0 saturated heterocycles. The quantitative estimate of drug-likeness (QED) is 0.816. The third-order valence-corrected chi connectivity index (χ3v) is 3.17. The first-order chi connectivity index (χ1) is 6.69. The van der Waals surface area contributed by atoms with Gasteiger partial charge >= 0.3 is 0 Å². The maximum absolute atomic E-state index is 4.14. The molecule has 1 N–H and O–H groups in total. The topological polar surface area (TPSA) is 37.8 Å². The summed E-state index contributed by atoms with van der Waals surface area (Å²) in [5.74, 6) is 0.694. The van der Waals surface area contributed by atoms with Crippen LogP contribution in [0.15, 0.2) is 0 Å². The zero-order chi connectivity index (χ0) is 10.6. The lowest BCUT2D eigenvalue weighted by Gasteiger charge is -2.16. The van der Waals surface area contributed by atoms with Crippen LogP contribution in [0.3, 0.4) is 0 Å². The van der Waals surface area contributed by atoms with E-state index in [9.17, 15) is 0 Å². The van der Waals surface area contributed by atoms with Gasteiger partial charge in [0.25, 0.3) is 0 Å². The molecule has 1 rings (SSSR count). The third kappa shape index (κ3) is 2.75. The highest BCUT2D eigenvalue weighted by atomic mass is 32.1. The van der Waals surface area contributed by atoms with E-state index >= 15 is 0 Å². The molecule has 0 aliphatic rings. The number of aryl methyl sites for hydroxylation is 1. The summed E-state index contributed by atoms with van der Waals surface area (Å²) >= 11 is 1.53. The zero-order valence-electron chi connectivity index (χ0n) is 9.37. The van der Waals surface area contributed by atoms with Crippen molar-refractivity contribution >= 4 is 11.5 Å². The minimum absolute atomic E-state index is 0.421. The molecule has 3 nitrogen and oxygen atoms in total. The lowest BCUT2D eigenvalue weighted by molar-refractivity contribution is 0.459. The molecule has 80 valence electrons. The van der Waals surface area contributed by atoms with Crippen molar-refractivity contribution in [2.45, 2.75) is 39.7 Å². The molecule has 0 aliphatic heterocycles. The number of hydrogen-bond donors (Lipinski definition) is 1. The molecular formula is C10H19N3S. The van der Waals surface area contributed by atoms with Crippen molar-refractivity contribution in [1.29, 1.82) is 0 Å². The molecule has 0 bridgehead atoms. The second-order valence-corrected chi connectivity index (χ2v) is 4.69. The molecule has 1 heterocycles. The van der Waals surface area contributed by atoms with Gasteiger partial charge in [-0.3, -0.25) is 0 Å². The van der Waals surface area contributed by atoms with Gasteiger partial charge in [-0.25, -0.2) is 0 Å². The smallest absolute Gasteiger partial charge is 0.0800 e. The van der Waals surface area contributed by atoms with Crippen LogP contribution in [-0.4, -0.2) is 16.6 Å². The summed E-state index contributed by atoms with van der Waals surface area (Å²) < 4.78 is 4.02. The summed E-state index contributed by atoms with van der Waals surface area (Å²) in [6.45, 7) is 6.61. The minimum Gasteiger partial charge on any atom is -0.312 e. The van der Waals surface area contributed by atoms with E-state index in [1.807, 2.05) is 7.05 Å². The Labute approximate surface area is 90.1 Å². The van der Waals surface area contributed by atoms with E-state index in [1.165, 1.54) is 16.4 Å². The normalized spacial score (nSPS) is 13.5. The average Bonchev–Trinajstić information content (AvgIpc) is 2.61. The van der Waals surface area contributed by atoms with Crippen molar-refractivity contribution in [2.75, 3.05) is 7.05 Å². The van der Waals surface area contributed by atoms with Gasteiger partial charge in [-0.2, -0.15) is 0 Å². The number of nitrogens with one attached hydrogen (secondary N) is 1. The van der Waals surface area contributed by atoms with Crippen LogP contribution in [0, 0.1) is 5.92 Å². The minimum atomic E-state index is 0.421. The fraction of sp³-hybridized carbons (Fsp3) is 0.800. The van der Waals surface area contributed by atoms with E-state index in [-0.39, 0.29) is 0 Å². The van der Waals surface area contributed by atoms with E-state index in [2.05, 4.69) is 35.7 Å². The lowest BCUT2D eigenvalue weighted by Crippen LogP contribution is -2.18. The first-order valence-electron chi connectivity index (χ1n) is 5.17. The van der Waals surface area contributed by atoms with Crippen LogP contribution < -0.4 is 5.32 Å². The molecule has 0 spiro atoms. The molecule has 0 aromatic carbocycles. The summed E-state index contributed by atoms with van der Waals surface area (Å²) in [5, 5.41) is 7.48. The maximum atomic E-state index is 4.14. The van der Waals surface area contributed by atoms with E-state index in [4.69, 9.17) is 0 Å². The summed E-state index contributed by atoms with van der Waals surface area (Å²) in [6.07, 6.45) is 2.12. The summed E-state index contributed by atoms with van der Waals surface area (Å²) in [5.41, 5.74) is 1.15. The molecule has 1 unspecified atom stereocenters. The number of rotatable bonds is 5. The fourth-order valence-electron chi connectivity index (χ4n) is 1.55. The molecule has 1 aromatic heterocycles. The van der Waals surface area contributed by atoms with E-state index in [1.54, 1.807) is 0 Å². The highest BCUT2D eigenvalue weighted by molar-refractivity contribution is 7.05. The molecule has 0 aliphatic carbocycles. The molecule has 1 aromatic rings. The number of hydrogen-bond acceptors (Lipinski definition) is 4. The Balaban J connectivity index is 2.77. The van der Waals surface area contributed by atoms with Crippen LogP contribution >= 0.6 is 11.5 Å². The molecular weight excluding hydrogens is 194 g/mol. The van der Waals surface area contributed by atoms with Gasteiger partial charge in [-0.15, -0.1) is 5.10 Å². The Kier molecular flexibility index (Phi) is 4.48. The lowest BCUT2D eigenvalue weighted by atomic mass is 10.0. The standard InChI is InChI=1S/C10H19N3S/c1-5-8-10(14-13-12-8)9(11-4)6-7(2)3/h7,9,11H,5-6H2,1-4H3. The van der Waals surface area contributed by atoms with Gasteiger partial charge < -0.3 is 5.32 Å². The van der Waals surface area contributed by atoms with Crippen molar-refractivity contribution in [2.24, 2.45) is 5.92 Å². The van der Waals surface area contributed by atoms with Gasteiger partial charge in [-0.1, -0.05) is 25.3 Å². The molecule has 0 fully saturated rings. The second kappa shape index (κ2) is 5.41. The Hall–Kier alpha value is -0.480. The molecule has 0 radical (unpaired) electrons. The van der Waals surface area contributed by atoms with Crippen LogP contribution in [0.2, 0.25) is 0 Å². The molecule has 0 saturated carbocycles. The van der Waals surface area contributed by atoms with Crippen LogP contribution in [0.5, 0.6) is 0 Å². The Morgan fingerprint density at radius 1 is 1.43 bits per heavy atom. The predicted octanol–water partition coefficient (Wildman–Crippen LogP) is 2.41. The van der Waals surface area contributed by atoms with E-state index in [0.29, 0.717) is 12.0 Å². The highest BCUT2D eigenvalue weighted by Crippen LogP contribution is 2.26. The van der Waals surface area contributed by atoms with Gasteiger partial charge in [0.05, 0.1) is 10.6 Å². The fourth-order valence-corrected chi connectivity index (χ4v) is 2.41. The van der Waals surface area contributed by atoms with Crippen LogP contribution in [0.4, 0.5) is 0 Å². The monoisotopic (exact) mass is 213 g/mol. The SMILES string of the molecule is CCc1nnsc1C(CC(C)C)NC. The van der Waals surface area contributed by atoms with Crippen LogP contribution in [0.1, 0.15) is 43.8 Å². The van der Waals surface area contributed by atoms with Crippen molar-refractivity contribution in [1.82, 2.24) is 14.9 Å². The number of aromatic nitrogens is 2. The first kappa shape index (κ1) is 11.6. The first-order valence-corrected chi connectivity index (χ1v) is 5.94. The van der Waals surface area contributed by atoms with Crippen LogP contribution in [-0.2, 0) is 6.42 Å². The van der Waals surface area contributed by atoms with Gasteiger partial charge in [0.2, 0.25) is 0 Å². The van der Waals surface area contributed by atoms with E-state index < -0.39 is 0 Å². The Morgan fingerprint density at radius 3 is 2.64 bits per heavy atom. The maximum Gasteiger partial charge on any atom is 0.0800 e. The predicted molar refractivity (Wildman–Crippen MR) is 60.5 cm³/mol. The van der Waals surface area contributed by atoms with Gasteiger partial charge in [0, 0.05) is 6.04 Å². The zero-order valence-corrected chi connectivity index (χ0v) is 10.2. The summed E-state index contributed by atoms with van der Waals surface area (Å²) in [7, 11) is 2.01.